The molecular formula is C30H31F3N6O3. The summed E-state index contributed by atoms with van der Waals surface area (Å²) in [6.45, 7) is 2.79. The molecule has 2 bridgehead atoms. The number of alkyl halides is 3. The molecule has 1 aromatic heterocycles. The van der Waals surface area contributed by atoms with E-state index in [0.29, 0.717) is 36.1 Å². The molecule has 3 heterocycles. The molecule has 2 aromatic carbocycles. The van der Waals surface area contributed by atoms with Gasteiger partial charge < -0.3 is 26.4 Å². The molecule has 2 saturated heterocycles. The van der Waals surface area contributed by atoms with Gasteiger partial charge in [0.1, 0.15) is 11.7 Å². The minimum Gasteiger partial charge on any atom is -0.397 e. The maximum atomic E-state index is 13.3. The Labute approximate surface area is 240 Å². The number of fused-ring (bicyclic) bond motifs is 2. The number of aromatic nitrogens is 1. The van der Waals surface area contributed by atoms with Crippen molar-refractivity contribution >= 4 is 35.0 Å². The van der Waals surface area contributed by atoms with Crippen LogP contribution in [0.4, 0.5) is 30.2 Å². The highest BCUT2D eigenvalue weighted by Gasteiger charge is 2.38. The quantitative estimate of drug-likeness (QED) is 0.211. The van der Waals surface area contributed by atoms with Gasteiger partial charge in [-0.3, -0.25) is 14.5 Å². The summed E-state index contributed by atoms with van der Waals surface area (Å²) < 4.78 is 44.3. The minimum absolute atomic E-state index is 0.151. The van der Waals surface area contributed by atoms with Crippen LogP contribution in [0.1, 0.15) is 29.3 Å². The molecule has 3 aromatic rings. The number of benzene rings is 2. The van der Waals surface area contributed by atoms with Crippen molar-refractivity contribution in [3.05, 3.63) is 89.8 Å². The fourth-order valence-corrected chi connectivity index (χ4v) is 5.07. The Bertz CT molecular complexity index is 1430. The normalized spacial score (nSPS) is 19.2. The number of carbonyl (C=O) groups is 2. The Hall–Kier alpha value is -4.26. The topological polar surface area (TPSA) is 122 Å². The van der Waals surface area contributed by atoms with Gasteiger partial charge in [0.15, 0.2) is 0 Å². The van der Waals surface area contributed by atoms with Crippen LogP contribution in [0.5, 0.6) is 0 Å². The number of nitrogens with zero attached hydrogens (tertiary/aromatic N) is 2. The molecule has 2 amide bonds. The van der Waals surface area contributed by atoms with Crippen LogP contribution in [-0.4, -0.2) is 60.1 Å². The second kappa shape index (κ2) is 12.7. The molecular weight excluding hydrogens is 549 g/mol. The summed E-state index contributed by atoms with van der Waals surface area (Å²) in [6.07, 6.45) is 0.707. The zero-order valence-corrected chi connectivity index (χ0v) is 22.6. The number of nitrogens with one attached hydrogen (secondary N) is 3. The monoisotopic (exact) mass is 580 g/mol. The molecule has 12 heteroatoms. The van der Waals surface area contributed by atoms with Gasteiger partial charge in [-0.2, -0.15) is 13.2 Å². The first-order chi connectivity index (χ1) is 20.2. The second-order valence-corrected chi connectivity index (χ2v) is 10.2. The number of likely N-dealkylation sites (tertiary alicyclic amines) is 1. The molecule has 2 fully saturated rings. The highest BCUT2D eigenvalue weighted by atomic mass is 19.4. The number of rotatable bonds is 10. The van der Waals surface area contributed by atoms with Crippen molar-refractivity contribution in [3.8, 4) is 0 Å². The number of para-hydroxylation sites is 2. The summed E-state index contributed by atoms with van der Waals surface area (Å²) in [5.41, 5.74) is 7.33. The predicted molar refractivity (Wildman–Crippen MR) is 153 cm³/mol. The van der Waals surface area contributed by atoms with Gasteiger partial charge in [-0.05, 0) is 47.9 Å². The van der Waals surface area contributed by atoms with Crippen molar-refractivity contribution in [1.29, 1.82) is 0 Å². The van der Waals surface area contributed by atoms with E-state index in [0.717, 1.165) is 37.3 Å². The first kappa shape index (κ1) is 29.2. The van der Waals surface area contributed by atoms with E-state index in [4.69, 9.17) is 10.5 Å². The molecule has 42 heavy (non-hydrogen) atoms. The third kappa shape index (κ3) is 7.32. The van der Waals surface area contributed by atoms with Crippen molar-refractivity contribution in [2.45, 2.75) is 30.8 Å². The van der Waals surface area contributed by atoms with E-state index in [1.807, 2.05) is 0 Å². The second-order valence-electron chi connectivity index (χ2n) is 10.2. The molecule has 5 N–H and O–H groups in total. The molecule has 3 atom stereocenters. The number of anilines is 3. The molecule has 1 unspecified atom stereocenters. The number of ether oxygens (including phenoxy) is 1. The number of hydrogen-bond acceptors (Lipinski definition) is 7. The fraction of sp³-hybridized carbons (Fsp3) is 0.300. The van der Waals surface area contributed by atoms with E-state index in [2.05, 4.69) is 25.8 Å². The lowest BCUT2D eigenvalue weighted by Crippen LogP contribution is -2.43. The molecule has 0 aliphatic carbocycles. The van der Waals surface area contributed by atoms with Crippen molar-refractivity contribution in [2.24, 2.45) is 0 Å². The van der Waals surface area contributed by atoms with E-state index in [1.165, 1.54) is 12.1 Å². The summed E-state index contributed by atoms with van der Waals surface area (Å²) in [6, 6.07) is 15.6. The van der Waals surface area contributed by atoms with Gasteiger partial charge in [0.05, 0.1) is 36.0 Å². The van der Waals surface area contributed by atoms with Gasteiger partial charge in [-0.15, -0.1) is 0 Å². The number of halogens is 3. The van der Waals surface area contributed by atoms with E-state index in [9.17, 15) is 22.8 Å². The SMILES string of the molecule is Nc1ccccc1NC(=O)C=Cc1ccc(C(NCCN2C[C@@H]3C[C@H]2CO3)C(=O)Nc2ccc(C(F)(F)F)nc2)cc1. The van der Waals surface area contributed by atoms with E-state index < -0.39 is 23.8 Å². The molecule has 9 nitrogen and oxygen atoms in total. The van der Waals surface area contributed by atoms with Gasteiger partial charge in [0.25, 0.3) is 0 Å². The van der Waals surface area contributed by atoms with Crippen molar-refractivity contribution in [2.75, 3.05) is 42.6 Å². The van der Waals surface area contributed by atoms with Crippen LogP contribution in [0.3, 0.4) is 0 Å². The average Bonchev–Trinajstić information content (AvgIpc) is 3.59. The third-order valence-electron chi connectivity index (χ3n) is 7.26. The van der Waals surface area contributed by atoms with Crippen LogP contribution < -0.4 is 21.7 Å². The lowest BCUT2D eigenvalue weighted by Gasteiger charge is -2.27. The van der Waals surface area contributed by atoms with Gasteiger partial charge in [-0.25, -0.2) is 4.98 Å². The predicted octanol–water partition coefficient (Wildman–Crippen LogP) is 4.08. The van der Waals surface area contributed by atoms with Crippen LogP contribution >= 0.6 is 0 Å². The summed E-state index contributed by atoms with van der Waals surface area (Å²) in [4.78, 5) is 31.4. The average molecular weight is 581 g/mol. The zero-order valence-electron chi connectivity index (χ0n) is 22.6. The van der Waals surface area contributed by atoms with Crippen LogP contribution in [0.15, 0.2) is 72.9 Å². The van der Waals surface area contributed by atoms with Gasteiger partial charge in [0, 0.05) is 31.8 Å². The number of carbonyl (C=O) groups excluding carboxylic acids is 2. The summed E-state index contributed by atoms with van der Waals surface area (Å²) >= 11 is 0. The van der Waals surface area contributed by atoms with Crippen molar-refractivity contribution in [3.63, 3.8) is 0 Å². The van der Waals surface area contributed by atoms with Gasteiger partial charge in [0.2, 0.25) is 11.8 Å². The first-order valence-corrected chi connectivity index (χ1v) is 13.5. The summed E-state index contributed by atoms with van der Waals surface area (Å²) in [5, 5.41) is 8.68. The minimum atomic E-state index is -4.57. The molecule has 5 rings (SSSR count). The maximum absolute atomic E-state index is 13.3. The van der Waals surface area contributed by atoms with Crippen LogP contribution in [0.2, 0.25) is 0 Å². The molecule has 2 aliphatic rings. The number of hydrogen-bond donors (Lipinski definition) is 4. The standard InChI is InChI=1S/C30H31F3N6O3/c31-30(32,33)26-11-10-21(16-36-26)37-29(41)28(35-13-14-39-17-23-15-22(39)18-42-23)20-8-5-19(6-9-20)7-12-27(40)38-25-4-2-1-3-24(25)34/h1-12,16,22-23,28,35H,13-15,17-18,34H2,(H,37,41)(H,38,40)/t22-,23-,28?/m0/s1. The van der Waals surface area contributed by atoms with Crippen LogP contribution in [0, 0.1) is 0 Å². The summed E-state index contributed by atoms with van der Waals surface area (Å²) in [5.74, 6) is -0.784. The lowest BCUT2D eigenvalue weighted by molar-refractivity contribution is -0.141. The Kier molecular flexibility index (Phi) is 8.86. The largest absolute Gasteiger partial charge is 0.433 e. The molecule has 0 radical (unpaired) electrons. The lowest BCUT2D eigenvalue weighted by atomic mass is 10.0. The summed E-state index contributed by atoms with van der Waals surface area (Å²) in [7, 11) is 0. The van der Waals surface area contributed by atoms with E-state index >= 15 is 0 Å². The number of amides is 2. The first-order valence-electron chi connectivity index (χ1n) is 13.5. The van der Waals surface area contributed by atoms with Gasteiger partial charge >= 0.3 is 6.18 Å². The Morgan fingerprint density at radius 2 is 1.88 bits per heavy atom. The fourth-order valence-electron chi connectivity index (χ4n) is 5.07. The number of pyridine rings is 1. The smallest absolute Gasteiger partial charge is 0.397 e. The Morgan fingerprint density at radius 1 is 1.10 bits per heavy atom. The highest BCUT2D eigenvalue weighted by molar-refractivity contribution is 6.03. The Morgan fingerprint density at radius 3 is 2.52 bits per heavy atom. The third-order valence-corrected chi connectivity index (χ3v) is 7.26. The maximum Gasteiger partial charge on any atom is 0.433 e. The molecule has 0 saturated carbocycles. The highest BCUT2D eigenvalue weighted by Crippen LogP contribution is 2.29. The van der Waals surface area contributed by atoms with E-state index in [-0.39, 0.29) is 17.7 Å². The molecule has 0 spiro atoms. The van der Waals surface area contributed by atoms with E-state index in [1.54, 1.807) is 54.6 Å². The Balaban J connectivity index is 1.25. The van der Waals surface area contributed by atoms with Crippen molar-refractivity contribution < 1.29 is 27.5 Å². The number of nitrogens with two attached hydrogens (primary N) is 1. The van der Waals surface area contributed by atoms with Crippen LogP contribution in [-0.2, 0) is 20.5 Å². The number of morpholine rings is 1. The van der Waals surface area contributed by atoms with Gasteiger partial charge in [-0.1, -0.05) is 36.4 Å². The molecule has 2 aliphatic heterocycles. The number of nitrogen functional groups attached to an aromatic ring is 1. The zero-order chi connectivity index (χ0) is 29.7. The molecule has 220 valence electrons. The van der Waals surface area contributed by atoms with Crippen molar-refractivity contribution in [1.82, 2.24) is 15.2 Å². The van der Waals surface area contributed by atoms with Crippen LogP contribution in [0.25, 0.3) is 6.08 Å².